The molecule has 0 bridgehead atoms. The molecule has 0 atom stereocenters. The summed E-state index contributed by atoms with van der Waals surface area (Å²) in [7, 11) is 1.49. The van der Waals surface area contributed by atoms with Gasteiger partial charge in [-0.15, -0.1) is 0 Å². The van der Waals surface area contributed by atoms with Crippen LogP contribution in [-0.2, 0) is 16.0 Å². The highest BCUT2D eigenvalue weighted by Gasteiger charge is 2.20. The zero-order valence-electron chi connectivity index (χ0n) is 10.5. The van der Waals surface area contributed by atoms with Crippen molar-refractivity contribution in [3.8, 4) is 0 Å². The molecular formula is C11H17N3O4. The van der Waals surface area contributed by atoms with Crippen LogP contribution in [0.1, 0.15) is 23.1 Å². The van der Waals surface area contributed by atoms with E-state index < -0.39 is 11.9 Å². The van der Waals surface area contributed by atoms with Gasteiger partial charge in [0, 0.05) is 19.3 Å². The number of aryl methyl sites for hydroxylation is 1. The summed E-state index contributed by atoms with van der Waals surface area (Å²) in [6.07, 6.45) is 0.733. The molecule has 0 fully saturated rings. The summed E-state index contributed by atoms with van der Waals surface area (Å²) in [5.74, 6) is -1.48. The molecule has 0 aliphatic carbocycles. The molecule has 1 rings (SSSR count). The van der Waals surface area contributed by atoms with E-state index in [1.807, 2.05) is 6.92 Å². The molecule has 100 valence electrons. The first kappa shape index (κ1) is 14.2. The van der Waals surface area contributed by atoms with Crippen LogP contribution >= 0.6 is 0 Å². The molecule has 0 radical (unpaired) electrons. The molecule has 1 aromatic rings. The summed E-state index contributed by atoms with van der Waals surface area (Å²) in [6, 6.07) is 1.63. The highest BCUT2D eigenvalue weighted by atomic mass is 16.5. The number of carboxylic acids is 1. The van der Waals surface area contributed by atoms with E-state index in [-0.39, 0.29) is 25.4 Å². The Kier molecular flexibility index (Phi) is 5.31. The molecule has 7 heteroatoms. The van der Waals surface area contributed by atoms with Crippen molar-refractivity contribution in [1.82, 2.24) is 15.1 Å². The van der Waals surface area contributed by atoms with Gasteiger partial charge in [-0.05, 0) is 12.5 Å². The van der Waals surface area contributed by atoms with Gasteiger partial charge >= 0.3 is 5.97 Å². The molecule has 0 aromatic carbocycles. The zero-order valence-corrected chi connectivity index (χ0v) is 10.5. The number of amides is 1. The van der Waals surface area contributed by atoms with Gasteiger partial charge in [0.1, 0.15) is 12.2 Å². The van der Waals surface area contributed by atoms with E-state index in [0.717, 1.165) is 12.1 Å². The first-order valence-corrected chi connectivity index (χ1v) is 5.62. The fourth-order valence-corrected chi connectivity index (χ4v) is 1.43. The largest absolute Gasteiger partial charge is 0.480 e. The number of nitrogens with zero attached hydrogens (tertiary/aromatic N) is 2. The Balaban J connectivity index is 2.76. The molecule has 0 unspecified atom stereocenters. The first-order chi connectivity index (χ1) is 8.58. The molecular weight excluding hydrogens is 238 g/mol. The summed E-state index contributed by atoms with van der Waals surface area (Å²) >= 11 is 0. The molecule has 0 aliphatic rings. The molecule has 1 aromatic heterocycles. The van der Waals surface area contributed by atoms with Crippen molar-refractivity contribution in [1.29, 1.82) is 0 Å². The topological polar surface area (TPSA) is 95.5 Å². The van der Waals surface area contributed by atoms with E-state index >= 15 is 0 Å². The highest BCUT2D eigenvalue weighted by Crippen LogP contribution is 2.05. The van der Waals surface area contributed by atoms with Gasteiger partial charge in [-0.25, -0.2) is 0 Å². The minimum absolute atomic E-state index is 0.218. The van der Waals surface area contributed by atoms with Crippen LogP contribution in [0.15, 0.2) is 6.07 Å². The van der Waals surface area contributed by atoms with Crippen LogP contribution in [-0.4, -0.2) is 58.9 Å². The van der Waals surface area contributed by atoms with Gasteiger partial charge in [0.05, 0.1) is 6.61 Å². The normalized spacial score (nSPS) is 10.3. The zero-order chi connectivity index (χ0) is 13.5. The van der Waals surface area contributed by atoms with Crippen LogP contribution in [0.2, 0.25) is 0 Å². The molecule has 2 N–H and O–H groups in total. The second-order valence-electron chi connectivity index (χ2n) is 3.75. The van der Waals surface area contributed by atoms with E-state index in [9.17, 15) is 9.59 Å². The number of ether oxygens (including phenoxy) is 1. The fourth-order valence-electron chi connectivity index (χ4n) is 1.43. The predicted molar refractivity (Wildman–Crippen MR) is 63.4 cm³/mol. The second kappa shape index (κ2) is 6.75. The van der Waals surface area contributed by atoms with Crippen LogP contribution in [0.3, 0.4) is 0 Å². The highest BCUT2D eigenvalue weighted by molar-refractivity contribution is 5.94. The van der Waals surface area contributed by atoms with Crippen molar-refractivity contribution >= 4 is 11.9 Å². The monoisotopic (exact) mass is 255 g/mol. The summed E-state index contributed by atoms with van der Waals surface area (Å²) in [5.41, 5.74) is 1.06. The van der Waals surface area contributed by atoms with Crippen LogP contribution < -0.4 is 0 Å². The number of nitrogens with one attached hydrogen (secondary N) is 1. The number of aromatic amines is 1. The van der Waals surface area contributed by atoms with Gasteiger partial charge < -0.3 is 14.7 Å². The number of carbonyl (C=O) groups excluding carboxylic acids is 1. The number of rotatable bonds is 7. The fraction of sp³-hybridized carbons (Fsp3) is 0.545. The molecule has 0 aliphatic heterocycles. The van der Waals surface area contributed by atoms with Gasteiger partial charge in [-0.3, -0.25) is 14.7 Å². The third-order valence-electron chi connectivity index (χ3n) is 2.41. The lowest BCUT2D eigenvalue weighted by molar-refractivity contribution is -0.137. The Bertz CT molecular complexity index is 416. The molecule has 1 amide bonds. The number of aliphatic carboxylic acids is 1. The Morgan fingerprint density at radius 1 is 1.56 bits per heavy atom. The Morgan fingerprint density at radius 3 is 2.78 bits per heavy atom. The van der Waals surface area contributed by atoms with Crippen molar-refractivity contribution in [2.75, 3.05) is 26.8 Å². The maximum atomic E-state index is 12.0. The number of carboxylic acid groups (broad SMARTS) is 1. The number of hydrogen-bond donors (Lipinski definition) is 2. The van der Waals surface area contributed by atoms with E-state index in [2.05, 4.69) is 10.2 Å². The predicted octanol–water partition coefficient (Wildman–Crippen LogP) is 0.145. The van der Waals surface area contributed by atoms with Crippen molar-refractivity contribution in [2.24, 2.45) is 0 Å². The summed E-state index contributed by atoms with van der Waals surface area (Å²) in [6.45, 7) is 2.07. The van der Waals surface area contributed by atoms with Gasteiger partial charge in [0.2, 0.25) is 0 Å². The standard InChI is InChI=1S/C11H17N3O4/c1-3-8-6-9(13-12-8)11(17)14(4-5-18-2)7-10(15)16/h6H,3-5,7H2,1-2H3,(H,12,13)(H,15,16). The second-order valence-corrected chi connectivity index (χ2v) is 3.75. The van der Waals surface area contributed by atoms with Crippen LogP contribution in [0.25, 0.3) is 0 Å². The van der Waals surface area contributed by atoms with Crippen molar-refractivity contribution < 1.29 is 19.4 Å². The molecule has 7 nitrogen and oxygen atoms in total. The van der Waals surface area contributed by atoms with Crippen molar-refractivity contribution in [3.05, 3.63) is 17.5 Å². The van der Waals surface area contributed by atoms with E-state index in [0.29, 0.717) is 0 Å². The SMILES string of the molecule is CCc1cc(C(=O)N(CCOC)CC(=O)O)n[nH]1. The minimum Gasteiger partial charge on any atom is -0.480 e. The summed E-state index contributed by atoms with van der Waals surface area (Å²) < 4.78 is 4.85. The summed E-state index contributed by atoms with van der Waals surface area (Å²) in [5, 5.41) is 15.4. The lowest BCUT2D eigenvalue weighted by Crippen LogP contribution is -2.38. The third-order valence-corrected chi connectivity index (χ3v) is 2.41. The minimum atomic E-state index is -1.06. The number of methoxy groups -OCH3 is 1. The van der Waals surface area contributed by atoms with Gasteiger partial charge in [0.25, 0.3) is 5.91 Å². The van der Waals surface area contributed by atoms with Crippen LogP contribution in [0.4, 0.5) is 0 Å². The summed E-state index contributed by atoms with van der Waals surface area (Å²) in [4.78, 5) is 23.9. The number of aromatic nitrogens is 2. The van der Waals surface area contributed by atoms with E-state index in [1.165, 1.54) is 12.0 Å². The molecule has 18 heavy (non-hydrogen) atoms. The van der Waals surface area contributed by atoms with Gasteiger partial charge in [-0.1, -0.05) is 6.92 Å². The number of H-pyrrole nitrogens is 1. The molecule has 0 saturated heterocycles. The maximum absolute atomic E-state index is 12.0. The Hall–Kier alpha value is -1.89. The average molecular weight is 255 g/mol. The molecule has 1 heterocycles. The smallest absolute Gasteiger partial charge is 0.323 e. The Labute approximate surface area is 105 Å². The van der Waals surface area contributed by atoms with Crippen molar-refractivity contribution in [2.45, 2.75) is 13.3 Å². The van der Waals surface area contributed by atoms with E-state index in [1.54, 1.807) is 6.07 Å². The van der Waals surface area contributed by atoms with Gasteiger partial charge in [-0.2, -0.15) is 5.10 Å². The quantitative estimate of drug-likeness (QED) is 0.722. The van der Waals surface area contributed by atoms with Crippen molar-refractivity contribution in [3.63, 3.8) is 0 Å². The average Bonchev–Trinajstić information content (AvgIpc) is 2.81. The van der Waals surface area contributed by atoms with E-state index in [4.69, 9.17) is 9.84 Å². The lowest BCUT2D eigenvalue weighted by atomic mass is 10.3. The van der Waals surface area contributed by atoms with Crippen LogP contribution in [0.5, 0.6) is 0 Å². The maximum Gasteiger partial charge on any atom is 0.323 e. The van der Waals surface area contributed by atoms with Gasteiger partial charge in [0.15, 0.2) is 0 Å². The lowest BCUT2D eigenvalue weighted by Gasteiger charge is -2.18. The Morgan fingerprint density at radius 2 is 2.28 bits per heavy atom. The van der Waals surface area contributed by atoms with Crippen LogP contribution in [0, 0.1) is 0 Å². The number of hydrogen-bond acceptors (Lipinski definition) is 4. The first-order valence-electron chi connectivity index (χ1n) is 5.62. The number of carbonyl (C=O) groups is 2. The molecule has 0 saturated carbocycles. The third kappa shape index (κ3) is 3.85. The molecule has 0 spiro atoms.